The molecule has 220 valence electrons. The molecule has 0 aliphatic rings. The average molecular weight is 606 g/mol. The Hall–Kier alpha value is -3.52. The van der Waals surface area contributed by atoms with Crippen molar-refractivity contribution in [3.8, 4) is 0 Å². The Balaban J connectivity index is 0.000000400. The number of aromatic nitrogens is 2. The van der Waals surface area contributed by atoms with Gasteiger partial charge in [-0.3, -0.25) is 37.7 Å². The quantitative estimate of drug-likeness (QED) is 0.149. The van der Waals surface area contributed by atoms with Gasteiger partial charge in [0.1, 0.15) is 0 Å². The molecule has 4 unspecified atom stereocenters. The molecule has 0 radical (unpaired) electrons. The van der Waals surface area contributed by atoms with Gasteiger partial charge in [0.15, 0.2) is 12.2 Å². The molecule has 0 spiro atoms. The summed E-state index contributed by atoms with van der Waals surface area (Å²) >= 11 is 0. The van der Waals surface area contributed by atoms with E-state index >= 15 is 0 Å². The number of hydrogen-bond donors (Lipinski definition) is 6. The van der Waals surface area contributed by atoms with Crippen molar-refractivity contribution in [3.63, 3.8) is 0 Å². The Kier molecular flexibility index (Phi) is 14.3. The molecule has 2 aromatic rings. The van der Waals surface area contributed by atoms with Gasteiger partial charge >= 0.3 is 39.1 Å². The summed E-state index contributed by atoms with van der Waals surface area (Å²) in [6, 6.07) is 7.85. The molecule has 0 aromatic carbocycles. The maximum atomic E-state index is 11.8. The number of pyridine rings is 2. The molecule has 0 saturated carbocycles. The molecule has 0 aliphatic heterocycles. The molecule has 0 fully saturated rings. The number of carboxylic acid groups (broad SMARTS) is 4. The third-order valence-corrected chi connectivity index (χ3v) is 7.22. The minimum absolute atomic E-state index is 0.278. The predicted molar refractivity (Wildman–Crippen MR) is 134 cm³/mol. The van der Waals surface area contributed by atoms with E-state index < -0.39 is 82.9 Å². The standard InChI is InChI=1S/2C11H14NO7P/c13-10(14)4-3-9(11(15)16)19-20(17,18)7-8-2-1-5-12-6-8;13-10(14)5-4-9(11(15)16)19-20(17,18)7-8-3-1-2-6-12-8/h1-2,5-6,9H,3-4,7H2,(H,13,14)(H,15,16)(H,17,18);1-3,6,9H,4-5,7H2,(H,13,14)(H,15,16)(H,17,18). The van der Waals surface area contributed by atoms with Crippen molar-refractivity contribution >= 4 is 39.1 Å². The number of hydrogen-bond acceptors (Lipinski definition) is 10. The van der Waals surface area contributed by atoms with E-state index in [1.807, 2.05) is 0 Å². The Morgan fingerprint density at radius 3 is 1.68 bits per heavy atom. The first-order valence-corrected chi connectivity index (χ1v) is 14.8. The molecule has 40 heavy (non-hydrogen) atoms. The van der Waals surface area contributed by atoms with Gasteiger partial charge in [-0.1, -0.05) is 12.1 Å². The van der Waals surface area contributed by atoms with Crippen LogP contribution in [0.25, 0.3) is 0 Å². The zero-order valence-corrected chi connectivity index (χ0v) is 22.5. The molecular formula is C22H28N2O14P2. The first-order chi connectivity index (χ1) is 18.6. The second-order valence-electron chi connectivity index (χ2n) is 8.00. The maximum Gasteiger partial charge on any atom is 0.334 e. The molecule has 2 rings (SSSR count). The Morgan fingerprint density at radius 1 is 0.750 bits per heavy atom. The molecule has 6 N–H and O–H groups in total. The number of carbonyl (C=O) groups is 4. The van der Waals surface area contributed by atoms with Gasteiger partial charge in [0.05, 0.1) is 18.0 Å². The Morgan fingerprint density at radius 2 is 1.27 bits per heavy atom. The summed E-state index contributed by atoms with van der Waals surface area (Å²) < 4.78 is 33.0. The van der Waals surface area contributed by atoms with Crippen molar-refractivity contribution in [1.82, 2.24) is 9.97 Å². The lowest BCUT2D eigenvalue weighted by Crippen LogP contribution is -2.24. The van der Waals surface area contributed by atoms with Crippen LogP contribution in [-0.4, -0.2) is 76.3 Å². The van der Waals surface area contributed by atoms with Crippen molar-refractivity contribution in [1.29, 1.82) is 0 Å². The van der Waals surface area contributed by atoms with Crippen molar-refractivity contribution in [3.05, 3.63) is 60.2 Å². The fourth-order valence-electron chi connectivity index (χ4n) is 2.84. The van der Waals surface area contributed by atoms with Gasteiger partial charge in [-0.05, 0) is 36.6 Å². The smallest absolute Gasteiger partial charge is 0.334 e. The molecule has 18 heteroatoms. The predicted octanol–water partition coefficient (Wildman–Crippen LogP) is 2.20. The van der Waals surface area contributed by atoms with E-state index in [0.717, 1.165) is 0 Å². The highest BCUT2D eigenvalue weighted by Crippen LogP contribution is 2.48. The fraction of sp³-hybridized carbons (Fsp3) is 0.364. The lowest BCUT2D eigenvalue weighted by molar-refractivity contribution is -0.148. The minimum atomic E-state index is -4.22. The zero-order chi connectivity index (χ0) is 30.3. The normalized spacial score (nSPS) is 15.2. The molecular weight excluding hydrogens is 578 g/mol. The summed E-state index contributed by atoms with van der Waals surface area (Å²) in [7, 11) is -8.42. The number of carboxylic acids is 4. The van der Waals surface area contributed by atoms with Gasteiger partial charge in [0.25, 0.3) is 0 Å². The highest BCUT2D eigenvalue weighted by Gasteiger charge is 2.31. The first-order valence-electron chi connectivity index (χ1n) is 11.3. The summed E-state index contributed by atoms with van der Waals surface area (Å²) in [5.41, 5.74) is 0.696. The van der Waals surface area contributed by atoms with Crippen LogP contribution in [0, 0.1) is 0 Å². The van der Waals surface area contributed by atoms with Crippen LogP contribution >= 0.6 is 15.2 Å². The fourth-order valence-corrected chi connectivity index (χ4v) is 5.42. The maximum absolute atomic E-state index is 11.8. The second kappa shape index (κ2) is 16.6. The highest BCUT2D eigenvalue weighted by atomic mass is 31.2. The van der Waals surface area contributed by atoms with Crippen molar-refractivity contribution < 1.29 is 67.6 Å². The van der Waals surface area contributed by atoms with Crippen LogP contribution in [0.3, 0.4) is 0 Å². The third-order valence-electron chi connectivity index (χ3n) is 4.57. The molecule has 2 heterocycles. The van der Waals surface area contributed by atoms with Gasteiger partial charge in [0.2, 0.25) is 0 Å². The van der Waals surface area contributed by atoms with Crippen LogP contribution in [0.5, 0.6) is 0 Å². The molecule has 0 amide bonds. The highest BCUT2D eigenvalue weighted by molar-refractivity contribution is 7.52. The third kappa shape index (κ3) is 15.2. The Labute approximate surface area is 227 Å². The van der Waals surface area contributed by atoms with Crippen LogP contribution < -0.4 is 0 Å². The van der Waals surface area contributed by atoms with Crippen LogP contribution in [0.15, 0.2) is 48.9 Å². The number of nitrogens with zero attached hydrogens (tertiary/aromatic N) is 2. The van der Waals surface area contributed by atoms with Crippen LogP contribution in [-0.2, 0) is 49.7 Å². The first kappa shape index (κ1) is 34.5. The van der Waals surface area contributed by atoms with Crippen molar-refractivity contribution in [2.45, 2.75) is 50.2 Å². The molecule has 0 bridgehead atoms. The van der Waals surface area contributed by atoms with Gasteiger partial charge in [-0.15, -0.1) is 0 Å². The largest absolute Gasteiger partial charge is 0.481 e. The summed E-state index contributed by atoms with van der Waals surface area (Å²) in [6.07, 6.45) is -1.57. The summed E-state index contributed by atoms with van der Waals surface area (Å²) in [4.78, 5) is 69.4. The number of aliphatic carboxylic acids is 4. The molecule has 0 saturated heterocycles. The van der Waals surface area contributed by atoms with E-state index in [-0.39, 0.29) is 12.1 Å². The monoisotopic (exact) mass is 606 g/mol. The second-order valence-corrected chi connectivity index (χ2v) is 11.6. The zero-order valence-electron chi connectivity index (χ0n) is 20.8. The lowest BCUT2D eigenvalue weighted by Gasteiger charge is -2.17. The minimum Gasteiger partial charge on any atom is -0.481 e. The SMILES string of the molecule is O=C(O)CCC(OP(=O)(O)Cc1ccccn1)C(=O)O.O=C(O)CCC(OP(=O)(O)Cc1cccnc1)C(=O)O. The van der Waals surface area contributed by atoms with E-state index in [4.69, 9.17) is 20.4 Å². The van der Waals surface area contributed by atoms with Crippen LogP contribution in [0.4, 0.5) is 0 Å². The van der Waals surface area contributed by atoms with Crippen molar-refractivity contribution in [2.24, 2.45) is 0 Å². The average Bonchev–Trinajstić information content (AvgIpc) is 2.85. The van der Waals surface area contributed by atoms with Crippen LogP contribution in [0.2, 0.25) is 0 Å². The van der Waals surface area contributed by atoms with Crippen molar-refractivity contribution in [2.75, 3.05) is 0 Å². The van der Waals surface area contributed by atoms with Gasteiger partial charge < -0.3 is 30.2 Å². The molecule has 2 aromatic heterocycles. The topological polar surface area (TPSA) is 268 Å². The summed E-state index contributed by atoms with van der Waals surface area (Å²) in [5, 5.41) is 34.7. The summed E-state index contributed by atoms with van der Waals surface area (Å²) in [5.74, 6) is -5.38. The van der Waals surface area contributed by atoms with E-state index in [2.05, 4.69) is 19.0 Å². The van der Waals surface area contributed by atoms with Crippen LogP contribution in [0.1, 0.15) is 36.9 Å². The van der Waals surface area contributed by atoms with E-state index in [9.17, 15) is 38.1 Å². The molecule has 4 atom stereocenters. The van der Waals surface area contributed by atoms with E-state index in [1.165, 1.54) is 24.7 Å². The van der Waals surface area contributed by atoms with E-state index in [1.54, 1.807) is 24.3 Å². The molecule has 0 aliphatic carbocycles. The lowest BCUT2D eigenvalue weighted by atomic mass is 10.2. The molecule has 16 nitrogen and oxygen atoms in total. The Bertz CT molecular complexity index is 1130. The van der Waals surface area contributed by atoms with Gasteiger partial charge in [0, 0.05) is 31.4 Å². The van der Waals surface area contributed by atoms with E-state index in [0.29, 0.717) is 5.56 Å². The van der Waals surface area contributed by atoms with Gasteiger partial charge in [-0.25, -0.2) is 9.59 Å². The number of rotatable bonds is 16. The summed E-state index contributed by atoms with van der Waals surface area (Å²) in [6.45, 7) is 0. The van der Waals surface area contributed by atoms with Gasteiger partial charge in [-0.2, -0.15) is 0 Å².